The minimum Gasteiger partial charge on any atom is -0.486 e. The predicted octanol–water partition coefficient (Wildman–Crippen LogP) is 1.19. The summed E-state index contributed by atoms with van der Waals surface area (Å²) in [5.74, 6) is 1.28. The van der Waals surface area contributed by atoms with Gasteiger partial charge in [-0.3, -0.25) is 4.68 Å². The Morgan fingerprint density at radius 2 is 1.96 bits per heavy atom. The number of benzene rings is 1. The van der Waals surface area contributed by atoms with E-state index in [2.05, 4.69) is 15.4 Å². The van der Waals surface area contributed by atoms with Crippen molar-refractivity contribution in [2.75, 3.05) is 13.1 Å². The lowest BCUT2D eigenvalue weighted by atomic mass is 10.1. The molecular formula is C16H24ClN5O3S. The molecule has 1 aromatic carbocycles. The molecule has 0 aliphatic carbocycles. The second-order valence-corrected chi connectivity index (χ2v) is 8.05. The van der Waals surface area contributed by atoms with E-state index >= 15 is 0 Å². The number of rotatable bonds is 5. The monoisotopic (exact) mass is 401 g/mol. The molecule has 1 aliphatic heterocycles. The Hall–Kier alpha value is -1.68. The molecule has 0 saturated carbocycles. The van der Waals surface area contributed by atoms with Crippen LogP contribution in [0.4, 0.5) is 0 Å². The molecule has 26 heavy (non-hydrogen) atoms. The summed E-state index contributed by atoms with van der Waals surface area (Å²) in [5.41, 5.74) is 0. The van der Waals surface area contributed by atoms with Crippen molar-refractivity contribution in [3.05, 3.63) is 36.4 Å². The van der Waals surface area contributed by atoms with Crippen LogP contribution in [-0.2, 0) is 23.7 Å². The molecule has 8 nitrogen and oxygen atoms in total. The molecule has 0 spiro atoms. The third kappa shape index (κ3) is 4.17. The zero-order valence-corrected chi connectivity index (χ0v) is 16.6. The van der Waals surface area contributed by atoms with E-state index in [-0.39, 0.29) is 36.0 Å². The van der Waals surface area contributed by atoms with Gasteiger partial charge in [-0.15, -0.1) is 12.4 Å². The summed E-state index contributed by atoms with van der Waals surface area (Å²) >= 11 is 0. The average molecular weight is 402 g/mol. The number of hydrogen-bond donors (Lipinski definition) is 1. The fraction of sp³-hybridized carbons (Fsp3) is 0.500. The standard InChI is InChI=1S/C16H23N5O3S.ClH/c1-12-13(2)21(9-8-17-12)25(22,23)15-6-4-14(5-7-15)24-10-16-18-11-19-20(16)3;/h4-7,11-13,17H,8-10H2,1-3H3;1H. The van der Waals surface area contributed by atoms with E-state index < -0.39 is 10.0 Å². The number of ether oxygens (including phenoxy) is 1. The smallest absolute Gasteiger partial charge is 0.243 e. The maximum Gasteiger partial charge on any atom is 0.243 e. The van der Waals surface area contributed by atoms with Gasteiger partial charge in [0.15, 0.2) is 5.82 Å². The second-order valence-electron chi connectivity index (χ2n) is 6.16. The summed E-state index contributed by atoms with van der Waals surface area (Å²) in [6, 6.07) is 6.53. The highest BCUT2D eigenvalue weighted by Gasteiger charge is 2.34. The molecule has 2 unspecified atom stereocenters. The van der Waals surface area contributed by atoms with E-state index in [1.807, 2.05) is 13.8 Å². The maximum absolute atomic E-state index is 12.9. The Bertz CT molecular complexity index is 825. The first-order chi connectivity index (χ1) is 11.9. The third-order valence-corrected chi connectivity index (χ3v) is 6.58. The minimum absolute atomic E-state index is 0. The number of piperazine rings is 1. The summed E-state index contributed by atoms with van der Waals surface area (Å²) < 4.78 is 34.6. The summed E-state index contributed by atoms with van der Waals surface area (Å²) in [7, 11) is -1.73. The van der Waals surface area contributed by atoms with Crippen LogP contribution in [0, 0.1) is 0 Å². The maximum atomic E-state index is 12.9. The minimum atomic E-state index is -3.51. The van der Waals surface area contributed by atoms with Gasteiger partial charge in [0.1, 0.15) is 18.7 Å². The van der Waals surface area contributed by atoms with Gasteiger partial charge in [-0.05, 0) is 38.1 Å². The van der Waals surface area contributed by atoms with Crippen molar-refractivity contribution in [1.82, 2.24) is 24.4 Å². The number of aromatic nitrogens is 3. The quantitative estimate of drug-likeness (QED) is 0.809. The summed E-state index contributed by atoms with van der Waals surface area (Å²) in [6.45, 7) is 5.32. The highest BCUT2D eigenvalue weighted by molar-refractivity contribution is 7.89. The van der Waals surface area contributed by atoms with E-state index in [0.717, 1.165) is 0 Å². The molecule has 2 atom stereocenters. The SMILES string of the molecule is CC1NCCN(S(=O)(=O)c2ccc(OCc3ncnn3C)cc2)C1C.Cl. The van der Waals surface area contributed by atoms with Gasteiger partial charge in [0.05, 0.1) is 4.90 Å². The van der Waals surface area contributed by atoms with Gasteiger partial charge in [-0.1, -0.05) is 0 Å². The van der Waals surface area contributed by atoms with E-state index in [4.69, 9.17) is 4.74 Å². The van der Waals surface area contributed by atoms with Gasteiger partial charge in [0.25, 0.3) is 0 Å². The Labute approximate surface area is 160 Å². The van der Waals surface area contributed by atoms with Crippen LogP contribution in [0.25, 0.3) is 0 Å². The molecule has 1 aromatic heterocycles. The molecule has 0 bridgehead atoms. The molecule has 144 valence electrons. The number of hydrogen-bond acceptors (Lipinski definition) is 6. The highest BCUT2D eigenvalue weighted by Crippen LogP contribution is 2.23. The van der Waals surface area contributed by atoms with Crippen LogP contribution in [0.2, 0.25) is 0 Å². The van der Waals surface area contributed by atoms with Gasteiger partial charge in [-0.2, -0.15) is 9.40 Å². The normalized spacial score (nSPS) is 21.2. The molecule has 1 fully saturated rings. The molecule has 2 heterocycles. The number of nitrogens with one attached hydrogen (secondary N) is 1. The lowest BCUT2D eigenvalue weighted by Crippen LogP contribution is -2.57. The van der Waals surface area contributed by atoms with E-state index in [0.29, 0.717) is 24.7 Å². The number of nitrogens with zero attached hydrogens (tertiary/aromatic N) is 4. The Balaban J connectivity index is 0.00000243. The predicted molar refractivity (Wildman–Crippen MR) is 99.8 cm³/mol. The zero-order chi connectivity index (χ0) is 18.0. The lowest BCUT2D eigenvalue weighted by molar-refractivity contribution is 0.233. The number of aryl methyl sites for hydroxylation is 1. The zero-order valence-electron chi connectivity index (χ0n) is 15.0. The Morgan fingerprint density at radius 3 is 2.58 bits per heavy atom. The molecule has 1 N–H and O–H groups in total. The van der Waals surface area contributed by atoms with Crippen molar-refractivity contribution in [3.8, 4) is 5.75 Å². The van der Waals surface area contributed by atoms with Gasteiger partial charge < -0.3 is 10.1 Å². The van der Waals surface area contributed by atoms with Gasteiger partial charge in [-0.25, -0.2) is 13.4 Å². The van der Waals surface area contributed by atoms with Crippen molar-refractivity contribution >= 4 is 22.4 Å². The molecule has 1 aliphatic rings. The average Bonchev–Trinajstić information content (AvgIpc) is 3.01. The summed E-state index contributed by atoms with van der Waals surface area (Å²) in [5, 5.41) is 7.27. The molecular weight excluding hydrogens is 378 g/mol. The first-order valence-electron chi connectivity index (χ1n) is 8.20. The lowest BCUT2D eigenvalue weighted by Gasteiger charge is -2.37. The van der Waals surface area contributed by atoms with Crippen molar-refractivity contribution in [2.24, 2.45) is 7.05 Å². The van der Waals surface area contributed by atoms with Crippen molar-refractivity contribution in [1.29, 1.82) is 0 Å². The van der Waals surface area contributed by atoms with Gasteiger partial charge in [0.2, 0.25) is 10.0 Å². The van der Waals surface area contributed by atoms with Crippen LogP contribution < -0.4 is 10.1 Å². The molecule has 2 aromatic rings. The first-order valence-corrected chi connectivity index (χ1v) is 9.64. The van der Waals surface area contributed by atoms with E-state index in [9.17, 15) is 8.42 Å². The number of halogens is 1. The van der Waals surface area contributed by atoms with Crippen molar-refractivity contribution in [3.63, 3.8) is 0 Å². The van der Waals surface area contributed by atoms with Crippen LogP contribution >= 0.6 is 12.4 Å². The fourth-order valence-corrected chi connectivity index (χ4v) is 4.51. The summed E-state index contributed by atoms with van der Waals surface area (Å²) in [4.78, 5) is 4.36. The highest BCUT2D eigenvalue weighted by atomic mass is 35.5. The largest absolute Gasteiger partial charge is 0.486 e. The van der Waals surface area contributed by atoms with Crippen molar-refractivity contribution < 1.29 is 13.2 Å². The van der Waals surface area contributed by atoms with Crippen LogP contribution in [0.1, 0.15) is 19.7 Å². The molecule has 3 rings (SSSR count). The van der Waals surface area contributed by atoms with Crippen LogP contribution in [-0.4, -0.2) is 52.7 Å². The first kappa shape index (κ1) is 20.6. The Kier molecular flexibility index (Phi) is 6.62. The van der Waals surface area contributed by atoms with Crippen molar-refractivity contribution in [2.45, 2.75) is 37.4 Å². The van der Waals surface area contributed by atoms with E-state index in [1.165, 1.54) is 6.33 Å². The summed E-state index contributed by atoms with van der Waals surface area (Å²) in [6.07, 6.45) is 1.46. The van der Waals surface area contributed by atoms with Gasteiger partial charge in [0, 0.05) is 32.2 Å². The topological polar surface area (TPSA) is 89.3 Å². The number of sulfonamides is 1. The van der Waals surface area contributed by atoms with E-state index in [1.54, 1.807) is 40.3 Å². The fourth-order valence-electron chi connectivity index (χ4n) is 2.81. The molecule has 0 amide bonds. The molecule has 0 radical (unpaired) electrons. The van der Waals surface area contributed by atoms with Crippen LogP contribution in [0.5, 0.6) is 5.75 Å². The van der Waals surface area contributed by atoms with Gasteiger partial charge >= 0.3 is 0 Å². The molecule has 1 saturated heterocycles. The second kappa shape index (κ2) is 8.34. The Morgan fingerprint density at radius 1 is 1.27 bits per heavy atom. The molecule has 10 heteroatoms. The third-order valence-electron chi connectivity index (χ3n) is 4.58. The van der Waals surface area contributed by atoms with Crippen LogP contribution in [0.15, 0.2) is 35.5 Å². The van der Waals surface area contributed by atoms with Crippen LogP contribution in [0.3, 0.4) is 0 Å².